The molecule has 1 aromatic rings. The molecule has 1 unspecified atom stereocenters. The van der Waals surface area contributed by atoms with E-state index in [1.54, 1.807) is 6.07 Å². The van der Waals surface area contributed by atoms with Gasteiger partial charge in [0.25, 0.3) is 0 Å². The van der Waals surface area contributed by atoms with Crippen LogP contribution in [0.15, 0.2) is 18.2 Å². The lowest BCUT2D eigenvalue weighted by Crippen LogP contribution is -2.01. The predicted molar refractivity (Wildman–Crippen MR) is 55.3 cm³/mol. The van der Waals surface area contributed by atoms with Crippen LogP contribution < -0.4 is 4.74 Å². The lowest BCUT2D eigenvalue weighted by molar-refractivity contribution is -0.116. The highest BCUT2D eigenvalue weighted by molar-refractivity contribution is 9.09. The van der Waals surface area contributed by atoms with Crippen LogP contribution in [-0.4, -0.2) is 12.9 Å². The summed E-state index contributed by atoms with van der Waals surface area (Å²) >= 11 is 3.21. The first-order chi connectivity index (χ1) is 6.56. The Morgan fingerprint density at radius 3 is 2.71 bits per heavy atom. The van der Waals surface area contributed by atoms with Crippen molar-refractivity contribution in [2.45, 2.75) is 11.8 Å². The maximum atomic E-state index is 13.0. The monoisotopic (exact) mass is 260 g/mol. The second kappa shape index (κ2) is 4.55. The van der Waals surface area contributed by atoms with Crippen molar-refractivity contribution in [2.75, 3.05) is 7.11 Å². The van der Waals surface area contributed by atoms with Gasteiger partial charge in [0, 0.05) is 0 Å². The number of rotatable bonds is 3. The third kappa shape index (κ3) is 2.32. The van der Waals surface area contributed by atoms with Crippen LogP contribution in [0.2, 0.25) is 0 Å². The van der Waals surface area contributed by atoms with Crippen LogP contribution in [0.3, 0.4) is 0 Å². The Kier molecular flexibility index (Phi) is 3.63. The second-order valence-electron chi connectivity index (χ2n) is 2.87. The number of ketones is 1. The Balaban J connectivity index is 3.06. The number of ether oxygens (including phenoxy) is 1. The molecule has 0 fully saturated rings. The van der Waals surface area contributed by atoms with Crippen molar-refractivity contribution in [3.05, 3.63) is 29.6 Å². The van der Waals surface area contributed by atoms with Gasteiger partial charge < -0.3 is 4.74 Å². The Morgan fingerprint density at radius 1 is 1.57 bits per heavy atom. The molecular formula is C10H10BrFO2. The van der Waals surface area contributed by atoms with E-state index >= 15 is 0 Å². The zero-order chi connectivity index (χ0) is 10.7. The van der Waals surface area contributed by atoms with Gasteiger partial charge >= 0.3 is 0 Å². The van der Waals surface area contributed by atoms with Crippen molar-refractivity contribution < 1.29 is 13.9 Å². The molecule has 0 saturated carbocycles. The molecule has 14 heavy (non-hydrogen) atoms. The van der Waals surface area contributed by atoms with Crippen LogP contribution in [0.4, 0.5) is 4.39 Å². The maximum absolute atomic E-state index is 13.0. The molecule has 0 N–H and O–H groups in total. The van der Waals surface area contributed by atoms with E-state index in [1.165, 1.54) is 26.2 Å². The molecule has 1 rings (SSSR count). The molecule has 0 heterocycles. The Morgan fingerprint density at radius 2 is 2.21 bits per heavy atom. The van der Waals surface area contributed by atoms with Crippen LogP contribution in [-0.2, 0) is 4.79 Å². The van der Waals surface area contributed by atoms with Crippen LogP contribution in [0.5, 0.6) is 5.75 Å². The third-order valence-corrected chi connectivity index (χ3v) is 3.00. The van der Waals surface area contributed by atoms with E-state index in [-0.39, 0.29) is 11.5 Å². The molecule has 1 aromatic carbocycles. The molecule has 0 aliphatic carbocycles. The second-order valence-corrected chi connectivity index (χ2v) is 3.78. The molecule has 0 saturated heterocycles. The predicted octanol–water partition coefficient (Wildman–Crippen LogP) is 2.86. The molecular weight excluding hydrogens is 251 g/mol. The average Bonchev–Trinajstić information content (AvgIpc) is 2.17. The van der Waals surface area contributed by atoms with Gasteiger partial charge in [-0.1, -0.05) is 22.0 Å². The van der Waals surface area contributed by atoms with Crippen LogP contribution in [0.25, 0.3) is 0 Å². The number of halogens is 2. The Labute approximate surface area is 90.2 Å². The molecule has 0 aliphatic rings. The summed E-state index contributed by atoms with van der Waals surface area (Å²) in [6.45, 7) is 1.47. The van der Waals surface area contributed by atoms with E-state index in [0.29, 0.717) is 5.56 Å². The number of alkyl halides is 1. The molecule has 0 radical (unpaired) electrons. The summed E-state index contributed by atoms with van der Waals surface area (Å²) < 4.78 is 17.8. The fraction of sp³-hybridized carbons (Fsp3) is 0.300. The fourth-order valence-corrected chi connectivity index (χ4v) is 1.35. The first-order valence-corrected chi connectivity index (χ1v) is 4.95. The minimum Gasteiger partial charge on any atom is -0.494 e. The van der Waals surface area contributed by atoms with E-state index < -0.39 is 10.6 Å². The highest BCUT2D eigenvalue weighted by Gasteiger charge is 2.14. The van der Waals surface area contributed by atoms with Crippen LogP contribution in [0.1, 0.15) is 17.3 Å². The summed E-state index contributed by atoms with van der Waals surface area (Å²) in [5, 5.41) is 0. The van der Waals surface area contributed by atoms with Gasteiger partial charge in [-0.3, -0.25) is 4.79 Å². The van der Waals surface area contributed by atoms with E-state index in [1.807, 2.05) is 0 Å². The topological polar surface area (TPSA) is 26.3 Å². The highest BCUT2D eigenvalue weighted by atomic mass is 79.9. The van der Waals surface area contributed by atoms with E-state index in [4.69, 9.17) is 4.74 Å². The van der Waals surface area contributed by atoms with Crippen molar-refractivity contribution in [3.63, 3.8) is 0 Å². The SMILES string of the molecule is COc1cc(C(Br)C(C)=O)ccc1F. The molecule has 0 amide bonds. The van der Waals surface area contributed by atoms with Gasteiger partial charge in [0.05, 0.1) is 11.9 Å². The number of carbonyl (C=O) groups is 1. The van der Waals surface area contributed by atoms with Gasteiger partial charge in [-0.25, -0.2) is 4.39 Å². The number of benzene rings is 1. The summed E-state index contributed by atoms with van der Waals surface area (Å²) in [6, 6.07) is 4.35. The first kappa shape index (κ1) is 11.2. The summed E-state index contributed by atoms with van der Waals surface area (Å²) in [6.07, 6.45) is 0. The van der Waals surface area contributed by atoms with Crippen molar-refractivity contribution in [2.24, 2.45) is 0 Å². The average molecular weight is 261 g/mol. The minimum atomic E-state index is -0.431. The quantitative estimate of drug-likeness (QED) is 0.782. The molecule has 0 aromatic heterocycles. The van der Waals surface area contributed by atoms with E-state index in [2.05, 4.69) is 15.9 Å². The lowest BCUT2D eigenvalue weighted by Gasteiger charge is -2.08. The van der Waals surface area contributed by atoms with Crippen LogP contribution >= 0.6 is 15.9 Å². The normalized spacial score (nSPS) is 12.3. The van der Waals surface area contributed by atoms with Gasteiger partial charge in [0.15, 0.2) is 11.6 Å². The molecule has 0 spiro atoms. The maximum Gasteiger partial charge on any atom is 0.165 e. The van der Waals surface area contributed by atoms with E-state index in [0.717, 1.165) is 0 Å². The van der Waals surface area contributed by atoms with Gasteiger partial charge in [-0.2, -0.15) is 0 Å². The Hall–Kier alpha value is -0.900. The molecule has 0 aliphatic heterocycles. The molecule has 76 valence electrons. The van der Waals surface area contributed by atoms with Crippen molar-refractivity contribution >= 4 is 21.7 Å². The molecule has 0 bridgehead atoms. The number of Topliss-reactive ketones (excluding diaryl/α,β-unsaturated/α-hetero) is 1. The van der Waals surface area contributed by atoms with Crippen LogP contribution in [0, 0.1) is 5.82 Å². The minimum absolute atomic E-state index is 0.0290. The fourth-order valence-electron chi connectivity index (χ4n) is 1.07. The summed E-state index contributed by atoms with van der Waals surface area (Å²) in [7, 11) is 1.39. The standard InChI is InChI=1S/C10H10BrFO2/c1-6(13)10(11)7-3-4-8(12)9(5-7)14-2/h3-5,10H,1-2H3. The number of methoxy groups -OCH3 is 1. The summed E-state index contributed by atoms with van der Waals surface area (Å²) in [5.41, 5.74) is 0.691. The van der Waals surface area contributed by atoms with E-state index in [9.17, 15) is 9.18 Å². The molecule has 2 nitrogen and oxygen atoms in total. The zero-order valence-corrected chi connectivity index (χ0v) is 9.47. The van der Waals surface area contributed by atoms with Gasteiger partial charge in [0.1, 0.15) is 5.78 Å². The highest BCUT2D eigenvalue weighted by Crippen LogP contribution is 2.28. The third-order valence-electron chi connectivity index (χ3n) is 1.82. The van der Waals surface area contributed by atoms with Crippen molar-refractivity contribution in [1.29, 1.82) is 0 Å². The number of carbonyl (C=O) groups excluding carboxylic acids is 1. The van der Waals surface area contributed by atoms with Crippen molar-refractivity contribution in [3.8, 4) is 5.75 Å². The van der Waals surface area contributed by atoms with Crippen molar-refractivity contribution in [1.82, 2.24) is 0 Å². The Bertz CT molecular complexity index is 352. The largest absolute Gasteiger partial charge is 0.494 e. The zero-order valence-electron chi connectivity index (χ0n) is 7.88. The van der Waals surface area contributed by atoms with Gasteiger partial charge in [-0.15, -0.1) is 0 Å². The molecule has 1 atom stereocenters. The summed E-state index contributed by atoms with van der Waals surface area (Å²) in [5.74, 6) is -0.314. The molecule has 4 heteroatoms. The van der Waals surface area contributed by atoms with Gasteiger partial charge in [-0.05, 0) is 24.6 Å². The lowest BCUT2D eigenvalue weighted by atomic mass is 10.1. The number of hydrogen-bond donors (Lipinski definition) is 0. The van der Waals surface area contributed by atoms with Gasteiger partial charge in [0.2, 0.25) is 0 Å². The first-order valence-electron chi connectivity index (χ1n) is 4.04. The smallest absolute Gasteiger partial charge is 0.165 e. The number of hydrogen-bond acceptors (Lipinski definition) is 2. The summed E-state index contributed by atoms with van der Waals surface area (Å²) in [4.78, 5) is 10.6.